The summed E-state index contributed by atoms with van der Waals surface area (Å²) in [6, 6.07) is 3.80. The van der Waals surface area contributed by atoms with E-state index < -0.39 is 0 Å². The van der Waals surface area contributed by atoms with Crippen molar-refractivity contribution in [1.29, 1.82) is 0 Å². The molecule has 1 saturated heterocycles. The Morgan fingerprint density at radius 1 is 1.21 bits per heavy atom. The molecule has 11 heteroatoms. The fraction of sp³-hybridized carbons (Fsp3) is 0.481. The molecule has 4 heterocycles. The number of hydrogen-bond donors (Lipinski definition) is 2. The van der Waals surface area contributed by atoms with Crippen molar-refractivity contribution in [2.75, 3.05) is 39.6 Å². The molecule has 1 amide bonds. The van der Waals surface area contributed by atoms with Gasteiger partial charge in [0.15, 0.2) is 11.5 Å². The van der Waals surface area contributed by atoms with Crippen molar-refractivity contribution in [3.05, 3.63) is 29.7 Å². The first-order chi connectivity index (χ1) is 18.6. The van der Waals surface area contributed by atoms with E-state index in [1.807, 2.05) is 19.1 Å². The van der Waals surface area contributed by atoms with Gasteiger partial charge in [-0.25, -0.2) is 9.97 Å². The molecular formula is C27H31N5O6. The van der Waals surface area contributed by atoms with Crippen LogP contribution in [0.3, 0.4) is 0 Å². The first-order valence-electron chi connectivity index (χ1n) is 13.1. The van der Waals surface area contributed by atoms with Crippen LogP contribution in [0.1, 0.15) is 41.7 Å². The first kappa shape index (κ1) is 24.5. The van der Waals surface area contributed by atoms with E-state index in [1.54, 1.807) is 0 Å². The standard InChI is InChI=1S/C27H31N5O6/c1-16-21(27(34)31-18-6-8-32(9-7-18)10-11-35-14-33)23-25(30-16)24(29-13-28-23)22-19(36-12-17-2-3-17)4-5-20-26(22)38-15-37-20/h4-5,13-14,17-18,30H,2-3,6-12,15H2,1H3,(H,31,34). The van der Waals surface area contributed by atoms with Crippen LogP contribution >= 0.6 is 0 Å². The van der Waals surface area contributed by atoms with E-state index in [-0.39, 0.29) is 18.7 Å². The molecule has 0 unspecified atom stereocenters. The zero-order chi connectivity index (χ0) is 26.1. The molecule has 2 N–H and O–H groups in total. The molecule has 11 nitrogen and oxygen atoms in total. The molecule has 200 valence electrons. The van der Waals surface area contributed by atoms with E-state index in [9.17, 15) is 9.59 Å². The summed E-state index contributed by atoms with van der Waals surface area (Å²) in [7, 11) is 0. The molecule has 2 aliphatic heterocycles. The maximum atomic E-state index is 13.5. The molecule has 1 aromatic carbocycles. The quantitative estimate of drug-likeness (QED) is 0.306. The van der Waals surface area contributed by atoms with Gasteiger partial charge in [-0.05, 0) is 50.7 Å². The Balaban J connectivity index is 1.26. The maximum absolute atomic E-state index is 13.5. The highest BCUT2D eigenvalue weighted by Gasteiger charge is 2.30. The Labute approximate surface area is 219 Å². The van der Waals surface area contributed by atoms with Gasteiger partial charge in [0.05, 0.1) is 23.3 Å². The Morgan fingerprint density at radius 2 is 2.05 bits per heavy atom. The Bertz CT molecular complexity index is 1350. The topological polar surface area (TPSA) is 128 Å². The van der Waals surface area contributed by atoms with Gasteiger partial charge in [0.1, 0.15) is 29.9 Å². The molecule has 3 aromatic rings. The summed E-state index contributed by atoms with van der Waals surface area (Å²) in [5, 5.41) is 3.19. The molecule has 38 heavy (non-hydrogen) atoms. The van der Waals surface area contributed by atoms with E-state index in [0.717, 1.165) is 25.9 Å². The van der Waals surface area contributed by atoms with Crippen molar-refractivity contribution in [2.45, 2.75) is 38.6 Å². The fourth-order valence-electron chi connectivity index (χ4n) is 5.17. The molecule has 0 spiro atoms. The zero-order valence-electron chi connectivity index (χ0n) is 21.3. The third kappa shape index (κ3) is 4.85. The number of nitrogens with zero attached hydrogens (tertiary/aromatic N) is 3. The van der Waals surface area contributed by atoms with Crippen LogP contribution in [0.25, 0.3) is 22.3 Å². The van der Waals surface area contributed by atoms with Crippen molar-refractivity contribution in [1.82, 2.24) is 25.2 Å². The third-order valence-electron chi connectivity index (χ3n) is 7.42. The number of likely N-dealkylation sites (tertiary alicyclic amines) is 1. The van der Waals surface area contributed by atoms with Gasteiger partial charge >= 0.3 is 0 Å². The minimum absolute atomic E-state index is 0.0572. The summed E-state index contributed by atoms with van der Waals surface area (Å²) in [6.07, 6.45) is 5.48. The van der Waals surface area contributed by atoms with Crippen LogP contribution in [0.4, 0.5) is 0 Å². The lowest BCUT2D eigenvalue weighted by Crippen LogP contribution is -2.45. The van der Waals surface area contributed by atoms with Gasteiger partial charge in [-0.3, -0.25) is 14.5 Å². The number of carbonyl (C=O) groups excluding carboxylic acids is 2. The van der Waals surface area contributed by atoms with Crippen LogP contribution in [0.2, 0.25) is 0 Å². The van der Waals surface area contributed by atoms with Crippen LogP contribution in [0.5, 0.6) is 17.2 Å². The van der Waals surface area contributed by atoms with Crippen molar-refractivity contribution in [3.8, 4) is 28.5 Å². The number of benzene rings is 1. The smallest absolute Gasteiger partial charge is 0.293 e. The Morgan fingerprint density at radius 3 is 2.84 bits per heavy atom. The molecule has 2 fully saturated rings. The number of nitrogens with one attached hydrogen (secondary N) is 2. The van der Waals surface area contributed by atoms with Gasteiger partial charge in [-0.15, -0.1) is 0 Å². The number of hydrogen-bond acceptors (Lipinski definition) is 9. The fourth-order valence-corrected chi connectivity index (χ4v) is 5.17. The molecule has 1 saturated carbocycles. The van der Waals surface area contributed by atoms with E-state index in [1.165, 1.54) is 19.2 Å². The molecular weight excluding hydrogens is 490 g/mol. The number of aromatic nitrogens is 3. The van der Waals surface area contributed by atoms with Crippen LogP contribution in [-0.2, 0) is 9.53 Å². The van der Waals surface area contributed by atoms with Gasteiger partial charge in [0.2, 0.25) is 6.79 Å². The molecule has 3 aliphatic rings. The number of carbonyl (C=O) groups is 2. The van der Waals surface area contributed by atoms with Crippen LogP contribution < -0.4 is 19.5 Å². The number of ether oxygens (including phenoxy) is 4. The highest BCUT2D eigenvalue weighted by Crippen LogP contribution is 2.48. The normalized spacial score (nSPS) is 17.5. The second kappa shape index (κ2) is 10.5. The van der Waals surface area contributed by atoms with E-state index in [0.29, 0.717) is 82.9 Å². The predicted octanol–water partition coefficient (Wildman–Crippen LogP) is 2.82. The first-order valence-corrected chi connectivity index (χ1v) is 13.1. The lowest BCUT2D eigenvalue weighted by atomic mass is 10.0. The minimum Gasteiger partial charge on any atom is -0.492 e. The number of H-pyrrole nitrogens is 1. The van der Waals surface area contributed by atoms with Gasteiger partial charge in [-0.2, -0.15) is 0 Å². The molecule has 2 aromatic heterocycles. The predicted molar refractivity (Wildman–Crippen MR) is 137 cm³/mol. The summed E-state index contributed by atoms with van der Waals surface area (Å²) in [4.78, 5) is 38.5. The summed E-state index contributed by atoms with van der Waals surface area (Å²) in [5.41, 5.74) is 3.74. The van der Waals surface area contributed by atoms with Gasteiger partial charge in [0.25, 0.3) is 12.4 Å². The van der Waals surface area contributed by atoms with Crippen molar-refractivity contribution >= 4 is 23.4 Å². The summed E-state index contributed by atoms with van der Waals surface area (Å²) >= 11 is 0. The highest BCUT2D eigenvalue weighted by atomic mass is 16.7. The molecule has 1 aliphatic carbocycles. The average Bonchev–Trinajstić information content (AvgIpc) is 3.51. The number of aryl methyl sites for hydroxylation is 1. The number of piperidine rings is 1. The van der Waals surface area contributed by atoms with E-state index in [4.69, 9.17) is 18.9 Å². The van der Waals surface area contributed by atoms with Crippen molar-refractivity contribution in [2.24, 2.45) is 5.92 Å². The van der Waals surface area contributed by atoms with Crippen molar-refractivity contribution < 1.29 is 28.5 Å². The highest BCUT2D eigenvalue weighted by molar-refractivity contribution is 6.09. The van der Waals surface area contributed by atoms with Gasteiger partial charge in [0, 0.05) is 31.4 Å². The SMILES string of the molecule is Cc1[nH]c2c(-c3c(OCC4CC4)ccc4c3OCO4)ncnc2c1C(=O)NC1CCN(CCOC=O)CC1. The Kier molecular flexibility index (Phi) is 6.75. The number of aromatic amines is 1. The minimum atomic E-state index is -0.163. The van der Waals surface area contributed by atoms with Crippen LogP contribution in [-0.4, -0.2) is 77.9 Å². The average molecular weight is 522 g/mol. The molecule has 0 atom stereocenters. The Hall–Kier alpha value is -3.86. The van der Waals surface area contributed by atoms with Gasteiger partial charge < -0.3 is 29.2 Å². The number of amides is 1. The molecule has 0 radical (unpaired) electrons. The maximum Gasteiger partial charge on any atom is 0.293 e. The number of rotatable bonds is 10. The molecule has 0 bridgehead atoms. The second-order valence-corrected chi connectivity index (χ2v) is 10.1. The van der Waals surface area contributed by atoms with E-state index in [2.05, 4.69) is 25.2 Å². The summed E-state index contributed by atoms with van der Waals surface area (Å²) < 4.78 is 22.5. The monoisotopic (exact) mass is 521 g/mol. The largest absolute Gasteiger partial charge is 0.492 e. The van der Waals surface area contributed by atoms with Crippen molar-refractivity contribution in [3.63, 3.8) is 0 Å². The third-order valence-corrected chi connectivity index (χ3v) is 7.42. The number of fused-ring (bicyclic) bond motifs is 2. The van der Waals surface area contributed by atoms with Crippen LogP contribution in [0, 0.1) is 12.8 Å². The summed E-state index contributed by atoms with van der Waals surface area (Å²) in [5.74, 6) is 2.31. The van der Waals surface area contributed by atoms with Crippen LogP contribution in [0.15, 0.2) is 18.5 Å². The summed E-state index contributed by atoms with van der Waals surface area (Å²) in [6.45, 7) is 5.85. The van der Waals surface area contributed by atoms with E-state index >= 15 is 0 Å². The molecule has 6 rings (SSSR count). The zero-order valence-corrected chi connectivity index (χ0v) is 21.3. The lowest BCUT2D eigenvalue weighted by Gasteiger charge is -2.32. The lowest BCUT2D eigenvalue weighted by molar-refractivity contribution is -0.129. The second-order valence-electron chi connectivity index (χ2n) is 10.1. The van der Waals surface area contributed by atoms with Gasteiger partial charge in [-0.1, -0.05) is 0 Å².